The molecule has 0 saturated heterocycles. The largest absolute Gasteiger partial charge is 0.502 e. The first-order valence-electron chi connectivity index (χ1n) is 6.64. The molecule has 23 heavy (non-hydrogen) atoms. The fourth-order valence-electron chi connectivity index (χ4n) is 1.98. The molecule has 7 nitrogen and oxygen atoms in total. The molecule has 0 radical (unpaired) electrons. The Labute approximate surface area is 131 Å². The Morgan fingerprint density at radius 1 is 1.35 bits per heavy atom. The molecule has 1 heterocycles. The third kappa shape index (κ3) is 3.19. The van der Waals surface area contributed by atoms with E-state index in [1.165, 1.54) is 32.2 Å². The molecule has 0 amide bonds. The van der Waals surface area contributed by atoms with E-state index in [0.29, 0.717) is 5.39 Å². The van der Waals surface area contributed by atoms with Crippen molar-refractivity contribution < 1.29 is 28.9 Å². The van der Waals surface area contributed by atoms with Gasteiger partial charge in [0, 0.05) is 5.39 Å². The fraction of sp³-hybridized carbons (Fsp3) is 0.250. The van der Waals surface area contributed by atoms with Crippen molar-refractivity contribution in [2.75, 3.05) is 14.2 Å². The number of esters is 1. The number of benzene rings is 1. The van der Waals surface area contributed by atoms with Crippen LogP contribution in [0.25, 0.3) is 17.0 Å². The third-order valence-corrected chi connectivity index (χ3v) is 3.27. The highest BCUT2D eigenvalue weighted by molar-refractivity contribution is 5.87. The molecule has 0 spiro atoms. The second kappa shape index (κ2) is 6.13. The highest BCUT2D eigenvalue weighted by Crippen LogP contribution is 2.33. The lowest BCUT2D eigenvalue weighted by molar-refractivity contribution is -0.155. The number of phenols is 1. The Kier molecular flexibility index (Phi) is 4.42. The lowest BCUT2D eigenvalue weighted by Gasteiger charge is -2.14. The van der Waals surface area contributed by atoms with Crippen LogP contribution in [0.1, 0.15) is 12.5 Å². The number of phenolic OH excluding ortho intramolecular Hbond substituents is 1. The van der Waals surface area contributed by atoms with E-state index in [-0.39, 0.29) is 22.6 Å². The van der Waals surface area contributed by atoms with Gasteiger partial charge in [0.2, 0.25) is 5.75 Å². The van der Waals surface area contributed by atoms with Crippen LogP contribution in [-0.2, 0) is 9.53 Å². The molecule has 122 valence electrons. The van der Waals surface area contributed by atoms with Crippen molar-refractivity contribution in [2.45, 2.75) is 12.5 Å². The summed E-state index contributed by atoms with van der Waals surface area (Å²) in [4.78, 5) is 23.4. The number of carbonyl (C=O) groups excluding carboxylic acids is 1. The van der Waals surface area contributed by atoms with Gasteiger partial charge in [0.1, 0.15) is 0 Å². The van der Waals surface area contributed by atoms with Crippen molar-refractivity contribution in [1.29, 1.82) is 0 Å². The third-order valence-electron chi connectivity index (χ3n) is 3.27. The van der Waals surface area contributed by atoms with Gasteiger partial charge >= 0.3 is 11.6 Å². The maximum Gasteiger partial charge on any atom is 0.343 e. The molecule has 1 atom stereocenters. The average Bonchev–Trinajstić information content (AvgIpc) is 2.53. The summed E-state index contributed by atoms with van der Waals surface area (Å²) >= 11 is 0. The van der Waals surface area contributed by atoms with Crippen LogP contribution in [0.4, 0.5) is 0 Å². The fourth-order valence-corrected chi connectivity index (χ4v) is 1.98. The molecule has 0 aliphatic rings. The molecule has 0 unspecified atom stereocenters. The van der Waals surface area contributed by atoms with Crippen LogP contribution in [-0.4, -0.2) is 36.0 Å². The van der Waals surface area contributed by atoms with Gasteiger partial charge in [-0.2, -0.15) is 0 Å². The molecule has 0 bridgehead atoms. The van der Waals surface area contributed by atoms with Crippen molar-refractivity contribution >= 4 is 23.0 Å². The van der Waals surface area contributed by atoms with E-state index in [4.69, 9.17) is 9.15 Å². The van der Waals surface area contributed by atoms with E-state index >= 15 is 0 Å². The molecule has 0 aliphatic heterocycles. The van der Waals surface area contributed by atoms with E-state index in [2.05, 4.69) is 4.74 Å². The normalized spacial score (nSPS) is 13.9. The second-order valence-electron chi connectivity index (χ2n) is 5.00. The summed E-state index contributed by atoms with van der Waals surface area (Å²) in [6.07, 6.45) is 2.38. The minimum absolute atomic E-state index is 0.00812. The van der Waals surface area contributed by atoms with Crippen LogP contribution >= 0.6 is 0 Å². The Bertz CT molecular complexity index is 830. The van der Waals surface area contributed by atoms with Gasteiger partial charge in [-0.15, -0.1) is 0 Å². The number of aromatic hydroxyl groups is 1. The van der Waals surface area contributed by atoms with Crippen LogP contribution in [0, 0.1) is 0 Å². The van der Waals surface area contributed by atoms with Crippen molar-refractivity contribution in [3.05, 3.63) is 40.3 Å². The molecule has 2 N–H and O–H groups in total. The zero-order chi connectivity index (χ0) is 17.2. The zero-order valence-corrected chi connectivity index (χ0v) is 12.8. The van der Waals surface area contributed by atoms with Crippen LogP contribution in [0.3, 0.4) is 0 Å². The van der Waals surface area contributed by atoms with Crippen LogP contribution in [0.15, 0.2) is 33.5 Å². The van der Waals surface area contributed by atoms with Crippen molar-refractivity contribution in [1.82, 2.24) is 0 Å². The monoisotopic (exact) mass is 320 g/mol. The second-order valence-corrected chi connectivity index (χ2v) is 5.00. The molecule has 0 saturated carbocycles. The SMILES string of the molecule is COC(=O)[C@@](C)(O)C=Cc1cc2ccc(OC)c(O)c2oc1=O. The van der Waals surface area contributed by atoms with Gasteiger partial charge in [-0.25, -0.2) is 9.59 Å². The first-order valence-corrected chi connectivity index (χ1v) is 6.64. The summed E-state index contributed by atoms with van der Waals surface area (Å²) in [6.45, 7) is 1.23. The molecule has 1 aromatic heterocycles. The predicted molar refractivity (Wildman–Crippen MR) is 82.4 cm³/mol. The highest BCUT2D eigenvalue weighted by Gasteiger charge is 2.28. The summed E-state index contributed by atoms with van der Waals surface area (Å²) in [5, 5.41) is 20.3. The summed E-state index contributed by atoms with van der Waals surface area (Å²) < 4.78 is 14.5. The maximum absolute atomic E-state index is 12.0. The molecule has 2 aromatic rings. The highest BCUT2D eigenvalue weighted by atomic mass is 16.5. The Hall–Kier alpha value is -2.80. The molecule has 0 fully saturated rings. The Morgan fingerprint density at radius 3 is 2.65 bits per heavy atom. The van der Waals surface area contributed by atoms with E-state index < -0.39 is 17.2 Å². The summed E-state index contributed by atoms with van der Waals surface area (Å²) in [5.74, 6) is -0.960. The lowest BCUT2D eigenvalue weighted by Crippen LogP contribution is -2.33. The number of aliphatic hydroxyl groups is 1. The molecule has 0 aliphatic carbocycles. The van der Waals surface area contributed by atoms with E-state index in [0.717, 1.165) is 13.2 Å². The molecule has 2 rings (SSSR count). The number of hydrogen-bond donors (Lipinski definition) is 2. The Balaban J connectivity index is 2.50. The number of hydrogen-bond acceptors (Lipinski definition) is 7. The number of carbonyl (C=O) groups is 1. The zero-order valence-electron chi connectivity index (χ0n) is 12.8. The van der Waals surface area contributed by atoms with Gasteiger partial charge < -0.3 is 24.1 Å². The topological polar surface area (TPSA) is 106 Å². The number of ether oxygens (including phenoxy) is 2. The number of methoxy groups -OCH3 is 2. The Morgan fingerprint density at radius 2 is 2.04 bits per heavy atom. The van der Waals surface area contributed by atoms with E-state index in [1.807, 2.05) is 0 Å². The molecular formula is C16H16O7. The average molecular weight is 320 g/mol. The molecule has 1 aromatic carbocycles. The minimum atomic E-state index is -1.88. The number of rotatable bonds is 4. The van der Waals surface area contributed by atoms with Crippen molar-refractivity contribution in [3.8, 4) is 11.5 Å². The van der Waals surface area contributed by atoms with Gasteiger partial charge in [0.15, 0.2) is 16.9 Å². The standard InChI is InChI=1S/C16H16O7/c1-16(20,15(19)22-3)7-6-10-8-9-4-5-11(21-2)12(17)13(9)23-14(10)18/h4-8,17,20H,1-3H3/t16-/m0/s1. The van der Waals surface area contributed by atoms with E-state index in [1.54, 1.807) is 6.07 Å². The van der Waals surface area contributed by atoms with E-state index in [9.17, 15) is 19.8 Å². The number of fused-ring (bicyclic) bond motifs is 1. The van der Waals surface area contributed by atoms with Crippen LogP contribution in [0.2, 0.25) is 0 Å². The first-order chi connectivity index (χ1) is 10.8. The molecular weight excluding hydrogens is 304 g/mol. The van der Waals surface area contributed by atoms with Crippen LogP contribution < -0.4 is 10.4 Å². The molecule has 7 heteroatoms. The van der Waals surface area contributed by atoms with Crippen molar-refractivity contribution in [3.63, 3.8) is 0 Å². The lowest BCUT2D eigenvalue weighted by atomic mass is 10.1. The van der Waals surface area contributed by atoms with Crippen molar-refractivity contribution in [2.24, 2.45) is 0 Å². The summed E-state index contributed by atoms with van der Waals surface area (Å²) in [7, 11) is 2.52. The van der Waals surface area contributed by atoms with Gasteiger partial charge in [-0.1, -0.05) is 0 Å². The van der Waals surface area contributed by atoms with Gasteiger partial charge in [0.25, 0.3) is 0 Å². The first kappa shape index (κ1) is 16.6. The minimum Gasteiger partial charge on any atom is -0.502 e. The summed E-state index contributed by atoms with van der Waals surface area (Å²) in [5.41, 5.74) is -2.52. The maximum atomic E-state index is 12.0. The smallest absolute Gasteiger partial charge is 0.343 e. The quantitative estimate of drug-likeness (QED) is 0.648. The van der Waals surface area contributed by atoms with Gasteiger partial charge in [-0.3, -0.25) is 0 Å². The van der Waals surface area contributed by atoms with Gasteiger partial charge in [0.05, 0.1) is 19.8 Å². The predicted octanol–water partition coefficient (Wildman–Crippen LogP) is 1.44. The van der Waals surface area contributed by atoms with Crippen LogP contribution in [0.5, 0.6) is 11.5 Å². The summed E-state index contributed by atoms with van der Waals surface area (Å²) in [6, 6.07) is 4.59. The van der Waals surface area contributed by atoms with Gasteiger partial charge in [-0.05, 0) is 37.3 Å².